The van der Waals surface area contributed by atoms with Gasteiger partial charge in [0.05, 0.1) is 12.0 Å². The average molecular weight is 340 g/mol. The number of carboxylic acids is 1. The van der Waals surface area contributed by atoms with E-state index in [1.54, 1.807) is 6.92 Å². The topological polar surface area (TPSA) is 105 Å². The van der Waals surface area contributed by atoms with Crippen LogP contribution >= 0.6 is 11.3 Å². The van der Waals surface area contributed by atoms with Crippen molar-refractivity contribution in [2.45, 2.75) is 39.2 Å². The highest BCUT2D eigenvalue weighted by molar-refractivity contribution is 7.16. The summed E-state index contributed by atoms with van der Waals surface area (Å²) >= 11 is 1.33. The number of carboxylic acid groups (broad SMARTS) is 1. The first-order valence-corrected chi connectivity index (χ1v) is 8.24. The molecule has 2 heterocycles. The number of hydrogen-bond donors (Lipinski definition) is 3. The smallest absolute Gasteiger partial charge is 0.305 e. The Bertz CT molecular complexity index is 620. The van der Waals surface area contributed by atoms with E-state index < -0.39 is 12.1 Å². The summed E-state index contributed by atoms with van der Waals surface area (Å²) in [6.45, 7) is 4.29. The van der Waals surface area contributed by atoms with Gasteiger partial charge in [-0.25, -0.2) is 0 Å². The first-order chi connectivity index (χ1) is 10.9. The maximum Gasteiger partial charge on any atom is 0.305 e. The maximum atomic E-state index is 12.3. The third-order valence-electron chi connectivity index (χ3n) is 3.70. The molecule has 23 heavy (non-hydrogen) atoms. The van der Waals surface area contributed by atoms with Crippen molar-refractivity contribution in [1.29, 1.82) is 0 Å². The number of rotatable bonds is 6. The zero-order chi connectivity index (χ0) is 17.0. The molecule has 0 bridgehead atoms. The number of anilines is 1. The fourth-order valence-electron chi connectivity index (χ4n) is 2.34. The van der Waals surface area contributed by atoms with Gasteiger partial charge in [0.25, 0.3) is 11.8 Å². The summed E-state index contributed by atoms with van der Waals surface area (Å²) in [7, 11) is 0. The van der Waals surface area contributed by atoms with Crippen LogP contribution in [0.2, 0.25) is 0 Å². The Morgan fingerprint density at radius 3 is 2.70 bits per heavy atom. The summed E-state index contributed by atoms with van der Waals surface area (Å²) in [4.78, 5) is 35.9. The molecule has 0 saturated carbocycles. The fraction of sp³-hybridized carbons (Fsp3) is 0.533. The molecular formula is C15H20N2O5S. The molecular weight excluding hydrogens is 320 g/mol. The van der Waals surface area contributed by atoms with Gasteiger partial charge in [-0.15, -0.1) is 11.3 Å². The van der Waals surface area contributed by atoms with Crippen molar-refractivity contribution in [3.05, 3.63) is 16.0 Å². The predicted molar refractivity (Wildman–Crippen MR) is 86.0 cm³/mol. The molecule has 0 radical (unpaired) electrons. The Balaban J connectivity index is 2.10. The first-order valence-electron chi connectivity index (χ1n) is 7.42. The van der Waals surface area contributed by atoms with Crippen LogP contribution in [-0.2, 0) is 14.3 Å². The number of aliphatic carboxylic acids is 1. The van der Waals surface area contributed by atoms with E-state index in [0.717, 1.165) is 16.9 Å². The van der Waals surface area contributed by atoms with E-state index in [0.29, 0.717) is 23.6 Å². The average Bonchev–Trinajstić information content (AvgIpc) is 3.08. The Morgan fingerprint density at radius 1 is 1.35 bits per heavy atom. The van der Waals surface area contributed by atoms with Crippen molar-refractivity contribution < 1.29 is 24.2 Å². The third kappa shape index (κ3) is 4.29. The van der Waals surface area contributed by atoms with Crippen molar-refractivity contribution in [3.8, 4) is 0 Å². The van der Waals surface area contributed by atoms with Gasteiger partial charge in [0.1, 0.15) is 11.1 Å². The molecule has 0 aromatic carbocycles. The van der Waals surface area contributed by atoms with E-state index in [1.165, 1.54) is 11.3 Å². The molecule has 8 heteroatoms. The lowest BCUT2D eigenvalue weighted by molar-refractivity contribution is -0.136. The van der Waals surface area contributed by atoms with E-state index in [4.69, 9.17) is 9.84 Å². The highest BCUT2D eigenvalue weighted by atomic mass is 32.1. The Kier molecular flexibility index (Phi) is 5.73. The molecule has 3 N–H and O–H groups in total. The second-order valence-corrected chi connectivity index (χ2v) is 6.60. The summed E-state index contributed by atoms with van der Waals surface area (Å²) in [6, 6.07) is 0. The second-order valence-electron chi connectivity index (χ2n) is 5.38. The van der Waals surface area contributed by atoms with E-state index >= 15 is 0 Å². The van der Waals surface area contributed by atoms with E-state index in [9.17, 15) is 14.4 Å². The highest BCUT2D eigenvalue weighted by Gasteiger charge is 2.27. The van der Waals surface area contributed by atoms with Gasteiger partial charge in [0.2, 0.25) is 0 Å². The molecule has 1 saturated heterocycles. The molecule has 1 aromatic heterocycles. The SMILES string of the molecule is Cc1sc(NC(=O)C2CCCO2)c(C(=O)NCCC(=O)O)c1C. The van der Waals surface area contributed by atoms with E-state index in [2.05, 4.69) is 10.6 Å². The Hall–Kier alpha value is -1.93. The van der Waals surface area contributed by atoms with E-state index in [-0.39, 0.29) is 24.8 Å². The third-order valence-corrected chi connectivity index (χ3v) is 4.82. The van der Waals surface area contributed by atoms with Crippen LogP contribution in [0, 0.1) is 13.8 Å². The standard InChI is InChI=1S/C15H20N2O5S/c1-8-9(2)23-15(17-13(20)10-4-3-7-22-10)12(8)14(21)16-6-5-11(18)19/h10H,3-7H2,1-2H3,(H,16,21)(H,17,20)(H,18,19). The number of carbonyl (C=O) groups is 3. The second kappa shape index (κ2) is 7.56. The number of hydrogen-bond acceptors (Lipinski definition) is 5. The molecule has 7 nitrogen and oxygen atoms in total. The maximum absolute atomic E-state index is 12.3. The molecule has 2 amide bonds. The van der Waals surface area contributed by atoms with Crippen molar-refractivity contribution in [2.75, 3.05) is 18.5 Å². The van der Waals surface area contributed by atoms with Crippen LogP contribution in [0.4, 0.5) is 5.00 Å². The quantitative estimate of drug-likeness (QED) is 0.731. The molecule has 1 aliphatic heterocycles. The lowest BCUT2D eigenvalue weighted by Gasteiger charge is -2.11. The van der Waals surface area contributed by atoms with Gasteiger partial charge >= 0.3 is 5.97 Å². The Labute approximate surface area is 138 Å². The minimum absolute atomic E-state index is 0.0433. The number of nitrogens with one attached hydrogen (secondary N) is 2. The summed E-state index contributed by atoms with van der Waals surface area (Å²) in [5.41, 5.74) is 1.18. The molecule has 0 spiro atoms. The van der Waals surface area contributed by atoms with E-state index in [1.807, 2.05) is 6.92 Å². The number of amides is 2. The lowest BCUT2D eigenvalue weighted by atomic mass is 10.1. The highest BCUT2D eigenvalue weighted by Crippen LogP contribution is 2.33. The van der Waals surface area contributed by atoms with Crippen LogP contribution in [0.3, 0.4) is 0 Å². The van der Waals surface area contributed by atoms with Gasteiger partial charge in [-0.1, -0.05) is 0 Å². The van der Waals surface area contributed by atoms with Crippen LogP contribution in [0.5, 0.6) is 0 Å². The number of ether oxygens (including phenoxy) is 1. The van der Waals surface area contributed by atoms with Gasteiger partial charge in [-0.05, 0) is 32.3 Å². The van der Waals surface area contributed by atoms with Crippen LogP contribution in [0.25, 0.3) is 0 Å². The summed E-state index contributed by atoms with van der Waals surface area (Å²) < 4.78 is 5.34. The molecule has 0 aliphatic carbocycles. The van der Waals surface area contributed by atoms with Gasteiger partial charge in [-0.2, -0.15) is 0 Å². The molecule has 2 rings (SSSR count). The first kappa shape index (κ1) is 17.4. The number of aryl methyl sites for hydroxylation is 1. The minimum atomic E-state index is -0.976. The van der Waals surface area contributed by atoms with Crippen molar-refractivity contribution in [1.82, 2.24) is 5.32 Å². The van der Waals surface area contributed by atoms with Gasteiger partial charge in [-0.3, -0.25) is 14.4 Å². The zero-order valence-corrected chi connectivity index (χ0v) is 13.9. The zero-order valence-electron chi connectivity index (χ0n) is 13.1. The van der Waals surface area contributed by atoms with Crippen LogP contribution in [0.1, 0.15) is 40.1 Å². The summed E-state index contributed by atoms with van der Waals surface area (Å²) in [5.74, 6) is -1.60. The lowest BCUT2D eigenvalue weighted by Crippen LogP contribution is -2.30. The number of carbonyl (C=O) groups excluding carboxylic acids is 2. The largest absolute Gasteiger partial charge is 0.481 e. The normalized spacial score (nSPS) is 17.0. The number of thiophene rings is 1. The molecule has 1 aromatic rings. The summed E-state index contributed by atoms with van der Waals surface area (Å²) in [5, 5.41) is 14.5. The molecule has 1 atom stereocenters. The van der Waals surface area contributed by atoms with Crippen LogP contribution in [0.15, 0.2) is 0 Å². The predicted octanol–water partition coefficient (Wildman–Crippen LogP) is 1.69. The van der Waals surface area contributed by atoms with Crippen molar-refractivity contribution >= 4 is 34.1 Å². The fourth-order valence-corrected chi connectivity index (χ4v) is 3.40. The molecule has 1 fully saturated rings. The summed E-state index contributed by atoms with van der Waals surface area (Å²) in [6.07, 6.45) is 0.907. The van der Waals surface area contributed by atoms with Crippen molar-refractivity contribution in [2.24, 2.45) is 0 Å². The molecule has 126 valence electrons. The van der Waals surface area contributed by atoms with Gasteiger partial charge in [0.15, 0.2) is 0 Å². The monoisotopic (exact) mass is 340 g/mol. The molecule has 1 unspecified atom stereocenters. The van der Waals surface area contributed by atoms with Crippen molar-refractivity contribution in [3.63, 3.8) is 0 Å². The van der Waals surface area contributed by atoms with Crippen LogP contribution in [-0.4, -0.2) is 42.1 Å². The minimum Gasteiger partial charge on any atom is -0.481 e. The Morgan fingerprint density at radius 2 is 2.09 bits per heavy atom. The van der Waals surface area contributed by atoms with Crippen LogP contribution < -0.4 is 10.6 Å². The van der Waals surface area contributed by atoms with Gasteiger partial charge in [0, 0.05) is 18.0 Å². The van der Waals surface area contributed by atoms with Gasteiger partial charge < -0.3 is 20.5 Å². The molecule has 1 aliphatic rings.